The first kappa shape index (κ1) is 16.3. The number of nitrogens with zero attached hydrogens (tertiary/aromatic N) is 5. The van der Waals surface area contributed by atoms with Crippen LogP contribution in [0.1, 0.15) is 35.7 Å². The lowest BCUT2D eigenvalue weighted by Crippen LogP contribution is -1.96. The van der Waals surface area contributed by atoms with Gasteiger partial charge in [-0.2, -0.15) is 10.5 Å². The third-order valence-electron chi connectivity index (χ3n) is 4.50. The van der Waals surface area contributed by atoms with Crippen LogP contribution in [-0.4, -0.2) is 14.5 Å². The van der Waals surface area contributed by atoms with Crippen LogP contribution >= 0.6 is 11.6 Å². The number of benzene rings is 1. The first-order chi connectivity index (χ1) is 12.6. The van der Waals surface area contributed by atoms with E-state index in [1.165, 1.54) is 0 Å². The van der Waals surface area contributed by atoms with Gasteiger partial charge in [-0.05, 0) is 48.2 Å². The van der Waals surface area contributed by atoms with E-state index in [2.05, 4.69) is 28.2 Å². The molecular formula is C20H14ClN5. The molecule has 5 nitrogen and oxygen atoms in total. The van der Waals surface area contributed by atoms with Crippen molar-refractivity contribution >= 4 is 11.6 Å². The Bertz CT molecular complexity index is 1100. The topological polar surface area (TPSA) is 78.3 Å². The predicted octanol–water partition coefficient (Wildman–Crippen LogP) is 4.42. The van der Waals surface area contributed by atoms with Gasteiger partial charge in [0.15, 0.2) is 5.69 Å². The van der Waals surface area contributed by atoms with E-state index in [0.29, 0.717) is 28.2 Å². The van der Waals surface area contributed by atoms with E-state index in [1.807, 2.05) is 19.2 Å². The van der Waals surface area contributed by atoms with Crippen LogP contribution in [0.2, 0.25) is 5.15 Å². The monoisotopic (exact) mass is 359 g/mol. The molecule has 0 amide bonds. The van der Waals surface area contributed by atoms with E-state index >= 15 is 0 Å². The van der Waals surface area contributed by atoms with Crippen molar-refractivity contribution in [3.63, 3.8) is 0 Å². The molecule has 0 radical (unpaired) electrons. The lowest BCUT2D eigenvalue weighted by molar-refractivity contribution is 0.925. The smallest absolute Gasteiger partial charge is 0.159 e. The normalized spacial score (nSPS) is 13.2. The van der Waals surface area contributed by atoms with Crippen molar-refractivity contribution in [2.24, 2.45) is 7.05 Å². The molecule has 2 aromatic heterocycles. The van der Waals surface area contributed by atoms with E-state index in [4.69, 9.17) is 16.9 Å². The zero-order valence-corrected chi connectivity index (χ0v) is 14.8. The fourth-order valence-corrected chi connectivity index (χ4v) is 3.30. The third kappa shape index (κ3) is 2.94. The van der Waals surface area contributed by atoms with E-state index in [1.54, 1.807) is 22.9 Å². The molecular weight excluding hydrogens is 346 g/mol. The molecule has 0 saturated heterocycles. The van der Waals surface area contributed by atoms with Gasteiger partial charge in [-0.3, -0.25) is 0 Å². The third-order valence-corrected chi connectivity index (χ3v) is 4.69. The van der Waals surface area contributed by atoms with E-state index in [-0.39, 0.29) is 0 Å². The molecule has 0 unspecified atom stereocenters. The minimum Gasteiger partial charge on any atom is -0.333 e. The van der Waals surface area contributed by atoms with Crippen molar-refractivity contribution in [3.05, 3.63) is 58.6 Å². The van der Waals surface area contributed by atoms with Crippen LogP contribution in [0.5, 0.6) is 0 Å². The largest absolute Gasteiger partial charge is 0.333 e. The molecule has 1 aromatic carbocycles. The molecule has 2 heterocycles. The summed E-state index contributed by atoms with van der Waals surface area (Å²) in [4.78, 5) is 8.84. The molecule has 6 heteroatoms. The zero-order chi connectivity index (χ0) is 18.3. The van der Waals surface area contributed by atoms with Gasteiger partial charge in [0.1, 0.15) is 17.0 Å². The number of nitriles is 2. The number of imidazole rings is 1. The summed E-state index contributed by atoms with van der Waals surface area (Å²) in [5.41, 5.74) is 4.51. The van der Waals surface area contributed by atoms with Gasteiger partial charge < -0.3 is 4.57 Å². The van der Waals surface area contributed by atoms with Crippen LogP contribution in [0.4, 0.5) is 0 Å². The maximum absolute atomic E-state index is 9.30. The summed E-state index contributed by atoms with van der Waals surface area (Å²) >= 11 is 6.26. The molecule has 1 saturated carbocycles. The second-order valence-corrected chi connectivity index (χ2v) is 6.81. The lowest BCUT2D eigenvalue weighted by Gasteiger charge is -2.12. The van der Waals surface area contributed by atoms with Crippen LogP contribution in [0.25, 0.3) is 22.5 Å². The summed E-state index contributed by atoms with van der Waals surface area (Å²) in [6.07, 6.45) is 3.95. The summed E-state index contributed by atoms with van der Waals surface area (Å²) in [5, 5.41) is 18.9. The Labute approximate surface area is 156 Å². The van der Waals surface area contributed by atoms with Crippen molar-refractivity contribution in [3.8, 4) is 34.7 Å². The molecule has 1 aliphatic rings. The van der Waals surface area contributed by atoms with Crippen molar-refractivity contribution in [2.75, 3.05) is 0 Å². The summed E-state index contributed by atoms with van der Waals surface area (Å²) in [6, 6.07) is 13.6. The van der Waals surface area contributed by atoms with Crippen molar-refractivity contribution in [1.82, 2.24) is 14.5 Å². The minimum atomic E-state index is 0.335. The Hall–Kier alpha value is -3.15. The van der Waals surface area contributed by atoms with Crippen LogP contribution in [0, 0.1) is 22.7 Å². The number of hydrogen-bond acceptors (Lipinski definition) is 4. The Balaban J connectivity index is 1.93. The number of rotatable bonds is 3. The molecule has 26 heavy (non-hydrogen) atoms. The number of aryl methyl sites for hydroxylation is 1. The lowest BCUT2D eigenvalue weighted by atomic mass is 9.97. The molecule has 3 aromatic rings. The van der Waals surface area contributed by atoms with Crippen molar-refractivity contribution in [1.29, 1.82) is 10.5 Å². The van der Waals surface area contributed by atoms with Gasteiger partial charge in [0.05, 0.1) is 11.6 Å². The molecule has 126 valence electrons. The first-order valence-electron chi connectivity index (χ1n) is 8.25. The van der Waals surface area contributed by atoms with E-state index < -0.39 is 0 Å². The second-order valence-electron chi connectivity index (χ2n) is 6.42. The Morgan fingerprint density at radius 1 is 1.08 bits per heavy atom. The average Bonchev–Trinajstić information content (AvgIpc) is 3.43. The number of halogens is 1. The van der Waals surface area contributed by atoms with Gasteiger partial charge in [-0.25, -0.2) is 9.97 Å². The molecule has 0 aliphatic heterocycles. The quantitative estimate of drug-likeness (QED) is 0.648. The van der Waals surface area contributed by atoms with Gasteiger partial charge in [-0.15, -0.1) is 0 Å². The fourth-order valence-electron chi connectivity index (χ4n) is 3.08. The Morgan fingerprint density at radius 3 is 2.54 bits per heavy atom. The van der Waals surface area contributed by atoms with Gasteiger partial charge in [0.25, 0.3) is 0 Å². The summed E-state index contributed by atoms with van der Waals surface area (Å²) < 4.78 is 1.79. The Kier molecular flexibility index (Phi) is 3.95. The maximum Gasteiger partial charge on any atom is 0.159 e. The highest BCUT2D eigenvalue weighted by molar-refractivity contribution is 6.29. The van der Waals surface area contributed by atoms with Gasteiger partial charge in [0.2, 0.25) is 0 Å². The predicted molar refractivity (Wildman–Crippen MR) is 98.3 cm³/mol. The highest BCUT2D eigenvalue weighted by Crippen LogP contribution is 2.42. The van der Waals surface area contributed by atoms with E-state index in [9.17, 15) is 5.26 Å². The molecule has 0 atom stereocenters. The molecule has 1 aliphatic carbocycles. The summed E-state index contributed by atoms with van der Waals surface area (Å²) in [7, 11) is 1.83. The van der Waals surface area contributed by atoms with Crippen LogP contribution in [0.3, 0.4) is 0 Å². The van der Waals surface area contributed by atoms with Crippen molar-refractivity contribution < 1.29 is 0 Å². The fraction of sp³-hybridized carbons (Fsp3) is 0.200. The highest BCUT2D eigenvalue weighted by atomic mass is 35.5. The van der Waals surface area contributed by atoms with Crippen LogP contribution in [-0.2, 0) is 7.05 Å². The summed E-state index contributed by atoms with van der Waals surface area (Å²) in [6.45, 7) is 0. The first-order valence-corrected chi connectivity index (χ1v) is 8.62. The average molecular weight is 360 g/mol. The van der Waals surface area contributed by atoms with Gasteiger partial charge in [0, 0.05) is 30.4 Å². The molecule has 0 spiro atoms. The van der Waals surface area contributed by atoms with Crippen molar-refractivity contribution in [2.45, 2.75) is 18.8 Å². The summed E-state index contributed by atoms with van der Waals surface area (Å²) in [5.74, 6) is 1.11. The van der Waals surface area contributed by atoms with Crippen LogP contribution in [0.15, 0.2) is 36.5 Å². The molecule has 0 bridgehead atoms. The van der Waals surface area contributed by atoms with Crippen LogP contribution < -0.4 is 0 Å². The molecule has 0 N–H and O–H groups in total. The molecule has 4 rings (SSSR count). The molecule has 1 fully saturated rings. The highest BCUT2D eigenvalue weighted by Gasteiger charge is 2.26. The second kappa shape index (κ2) is 6.29. The Morgan fingerprint density at radius 2 is 1.88 bits per heavy atom. The number of hydrogen-bond donors (Lipinski definition) is 0. The number of pyridine rings is 1. The number of aromatic nitrogens is 3. The zero-order valence-electron chi connectivity index (χ0n) is 14.1. The maximum atomic E-state index is 9.30. The standard InChI is InChI=1S/C20H14ClN5/c1-26-11-15(10-23)24-20(26)17-6-12(9-22)2-5-16(17)14-7-18(13-3-4-13)25-19(21)8-14/h2,5-8,11,13H,3-4H2,1H3. The van der Waals surface area contributed by atoms with E-state index in [0.717, 1.165) is 35.2 Å². The van der Waals surface area contributed by atoms with Gasteiger partial charge in [-0.1, -0.05) is 17.7 Å². The minimum absolute atomic E-state index is 0.335. The SMILES string of the molecule is Cn1cc(C#N)nc1-c1cc(C#N)ccc1-c1cc(Cl)nc(C2CC2)c1. The van der Waals surface area contributed by atoms with Gasteiger partial charge >= 0.3 is 0 Å².